The fourth-order valence-electron chi connectivity index (χ4n) is 3.20. The third-order valence-corrected chi connectivity index (χ3v) is 5.14. The van der Waals surface area contributed by atoms with Crippen LogP contribution in [0.5, 0.6) is 17.2 Å². The van der Waals surface area contributed by atoms with Crippen molar-refractivity contribution in [1.29, 1.82) is 0 Å². The van der Waals surface area contributed by atoms with Crippen LogP contribution in [-0.4, -0.2) is 37.8 Å². The molecule has 2 heterocycles. The van der Waals surface area contributed by atoms with Gasteiger partial charge in [-0.15, -0.1) is 11.3 Å². The molecule has 124 valence electrons. The molecule has 3 rings (SSSR count). The average molecular weight is 334 g/mol. The lowest BCUT2D eigenvalue weighted by Crippen LogP contribution is -2.23. The zero-order valence-electron chi connectivity index (χ0n) is 13.7. The maximum Gasteiger partial charge on any atom is 0.203 e. The fraction of sp³-hybridized carbons (Fsp3) is 0.471. The predicted octanol–water partition coefficient (Wildman–Crippen LogP) is 3.51. The van der Waals surface area contributed by atoms with E-state index in [1.54, 1.807) is 32.7 Å². The summed E-state index contributed by atoms with van der Waals surface area (Å²) in [6, 6.07) is 4.38. The van der Waals surface area contributed by atoms with Gasteiger partial charge >= 0.3 is 0 Å². The smallest absolute Gasteiger partial charge is 0.203 e. The van der Waals surface area contributed by atoms with Crippen LogP contribution in [0.15, 0.2) is 23.7 Å². The summed E-state index contributed by atoms with van der Waals surface area (Å²) >= 11 is 1.73. The van der Waals surface area contributed by atoms with Gasteiger partial charge in [-0.2, -0.15) is 0 Å². The van der Waals surface area contributed by atoms with Crippen molar-refractivity contribution in [2.75, 3.05) is 27.9 Å². The van der Waals surface area contributed by atoms with E-state index in [1.165, 1.54) is 11.4 Å². The van der Waals surface area contributed by atoms with E-state index in [2.05, 4.69) is 16.0 Å². The van der Waals surface area contributed by atoms with Gasteiger partial charge in [0.05, 0.1) is 27.4 Å². The van der Waals surface area contributed by atoms with Gasteiger partial charge in [-0.1, -0.05) is 6.07 Å². The highest BCUT2D eigenvalue weighted by molar-refractivity contribution is 7.09. The van der Waals surface area contributed by atoms with Gasteiger partial charge in [0.25, 0.3) is 0 Å². The maximum absolute atomic E-state index is 5.60. The van der Waals surface area contributed by atoms with Crippen LogP contribution in [0, 0.1) is 0 Å². The Hall–Kier alpha value is -1.79. The van der Waals surface area contributed by atoms with Gasteiger partial charge in [0.1, 0.15) is 5.01 Å². The van der Waals surface area contributed by atoms with E-state index in [0.29, 0.717) is 17.5 Å². The first kappa shape index (κ1) is 16.1. The quantitative estimate of drug-likeness (QED) is 0.809. The Labute approximate surface area is 140 Å². The third-order valence-electron chi connectivity index (χ3n) is 4.26. The highest BCUT2D eigenvalue weighted by Gasteiger charge is 2.29. The lowest BCUT2D eigenvalue weighted by atomic mass is 10.1. The van der Waals surface area contributed by atoms with Gasteiger partial charge in [-0.05, 0) is 25.5 Å². The molecule has 1 aromatic heterocycles. The molecule has 1 unspecified atom stereocenters. The molecule has 0 radical (unpaired) electrons. The second kappa shape index (κ2) is 7.19. The van der Waals surface area contributed by atoms with E-state index in [-0.39, 0.29) is 0 Å². The number of benzene rings is 1. The first-order valence-corrected chi connectivity index (χ1v) is 8.57. The highest BCUT2D eigenvalue weighted by atomic mass is 32.1. The Kier molecular flexibility index (Phi) is 5.03. The van der Waals surface area contributed by atoms with Crippen LogP contribution in [0.2, 0.25) is 0 Å². The Morgan fingerprint density at radius 3 is 2.65 bits per heavy atom. The van der Waals surface area contributed by atoms with E-state index in [1.807, 2.05) is 17.6 Å². The number of thiazole rings is 1. The number of ether oxygens (including phenoxy) is 3. The molecule has 0 N–H and O–H groups in total. The summed E-state index contributed by atoms with van der Waals surface area (Å²) in [7, 11) is 4.94. The topological polar surface area (TPSA) is 43.8 Å². The number of methoxy groups -OCH3 is 3. The minimum absolute atomic E-state index is 0.396. The summed E-state index contributed by atoms with van der Waals surface area (Å²) in [6.45, 7) is 1.88. The van der Waals surface area contributed by atoms with E-state index < -0.39 is 0 Å². The van der Waals surface area contributed by atoms with Crippen LogP contribution in [-0.2, 0) is 6.54 Å². The van der Waals surface area contributed by atoms with Crippen molar-refractivity contribution in [2.24, 2.45) is 0 Å². The molecule has 0 amide bonds. The lowest BCUT2D eigenvalue weighted by molar-refractivity contribution is 0.241. The molecule has 1 aromatic carbocycles. The molecule has 0 aliphatic carbocycles. The van der Waals surface area contributed by atoms with Crippen molar-refractivity contribution in [2.45, 2.75) is 25.4 Å². The predicted molar refractivity (Wildman–Crippen MR) is 90.6 cm³/mol. The van der Waals surface area contributed by atoms with E-state index >= 15 is 0 Å². The number of rotatable bonds is 6. The summed E-state index contributed by atoms with van der Waals surface area (Å²) < 4.78 is 16.4. The van der Waals surface area contributed by atoms with Crippen molar-refractivity contribution < 1.29 is 14.2 Å². The third kappa shape index (κ3) is 3.14. The molecule has 1 saturated heterocycles. The standard InChI is InChI=1S/C17H22N2O3S/c1-20-14-7-6-12(15(21-2)16(14)22-3)11-19-9-4-5-13(19)17-18-8-10-23-17/h6-8,10,13H,4-5,9,11H2,1-3H3. The molecule has 6 heteroatoms. The molecule has 0 bridgehead atoms. The molecule has 23 heavy (non-hydrogen) atoms. The molecule has 0 spiro atoms. The molecule has 0 saturated carbocycles. The number of nitrogens with zero attached hydrogens (tertiary/aromatic N) is 2. The fourth-order valence-corrected chi connectivity index (χ4v) is 4.01. The zero-order chi connectivity index (χ0) is 16.2. The summed E-state index contributed by atoms with van der Waals surface area (Å²) in [4.78, 5) is 6.96. The molecule has 1 aliphatic rings. The lowest BCUT2D eigenvalue weighted by Gasteiger charge is -2.24. The highest BCUT2D eigenvalue weighted by Crippen LogP contribution is 2.42. The first-order valence-electron chi connectivity index (χ1n) is 7.69. The SMILES string of the molecule is COc1ccc(CN2CCCC2c2nccs2)c(OC)c1OC. The molecule has 1 fully saturated rings. The minimum Gasteiger partial charge on any atom is -0.493 e. The molecule has 5 nitrogen and oxygen atoms in total. The maximum atomic E-state index is 5.60. The van der Waals surface area contributed by atoms with Crippen molar-refractivity contribution in [3.63, 3.8) is 0 Å². The Bertz CT molecular complexity index is 646. The van der Waals surface area contributed by atoms with Gasteiger partial charge in [0, 0.05) is 23.7 Å². The summed E-state index contributed by atoms with van der Waals surface area (Å²) in [5, 5.41) is 3.24. The summed E-state index contributed by atoms with van der Waals surface area (Å²) in [5.74, 6) is 2.08. The molecular formula is C17H22N2O3S. The first-order chi connectivity index (χ1) is 11.3. The van der Waals surface area contributed by atoms with Crippen LogP contribution in [0.4, 0.5) is 0 Å². The van der Waals surface area contributed by atoms with Gasteiger partial charge in [-0.3, -0.25) is 4.90 Å². The van der Waals surface area contributed by atoms with Crippen molar-refractivity contribution >= 4 is 11.3 Å². The molecular weight excluding hydrogens is 312 g/mol. The van der Waals surface area contributed by atoms with Gasteiger partial charge in [0.15, 0.2) is 11.5 Å². The number of aromatic nitrogens is 1. The van der Waals surface area contributed by atoms with Crippen molar-refractivity contribution in [3.05, 3.63) is 34.3 Å². The van der Waals surface area contributed by atoms with Crippen molar-refractivity contribution in [3.8, 4) is 17.2 Å². The minimum atomic E-state index is 0.396. The largest absolute Gasteiger partial charge is 0.493 e. The Morgan fingerprint density at radius 2 is 2.00 bits per heavy atom. The number of likely N-dealkylation sites (tertiary alicyclic amines) is 1. The van der Waals surface area contributed by atoms with Crippen LogP contribution in [0.3, 0.4) is 0 Å². The van der Waals surface area contributed by atoms with Crippen molar-refractivity contribution in [1.82, 2.24) is 9.88 Å². The van der Waals surface area contributed by atoms with Crippen LogP contribution >= 0.6 is 11.3 Å². The van der Waals surface area contributed by atoms with Crippen LogP contribution < -0.4 is 14.2 Å². The van der Waals surface area contributed by atoms with Crippen LogP contribution in [0.1, 0.15) is 29.5 Å². The molecule has 1 atom stereocenters. The average Bonchev–Trinajstić information content (AvgIpc) is 3.25. The van der Waals surface area contributed by atoms with Gasteiger partial charge < -0.3 is 14.2 Å². The van der Waals surface area contributed by atoms with E-state index in [0.717, 1.165) is 30.8 Å². The second-order valence-electron chi connectivity index (χ2n) is 5.49. The Morgan fingerprint density at radius 1 is 1.17 bits per heavy atom. The number of hydrogen-bond donors (Lipinski definition) is 0. The summed E-state index contributed by atoms with van der Waals surface area (Å²) in [6.07, 6.45) is 4.23. The Balaban J connectivity index is 1.87. The monoisotopic (exact) mass is 334 g/mol. The summed E-state index contributed by atoms with van der Waals surface area (Å²) in [5.41, 5.74) is 1.11. The van der Waals surface area contributed by atoms with Gasteiger partial charge in [0.2, 0.25) is 5.75 Å². The molecule has 2 aromatic rings. The second-order valence-corrected chi connectivity index (χ2v) is 6.42. The normalized spacial score (nSPS) is 18.1. The van der Waals surface area contributed by atoms with E-state index in [9.17, 15) is 0 Å². The van der Waals surface area contributed by atoms with Gasteiger partial charge in [-0.25, -0.2) is 4.98 Å². The molecule has 1 aliphatic heterocycles. The zero-order valence-corrected chi connectivity index (χ0v) is 14.6. The number of hydrogen-bond acceptors (Lipinski definition) is 6. The van der Waals surface area contributed by atoms with E-state index in [4.69, 9.17) is 14.2 Å². The van der Waals surface area contributed by atoms with Crippen LogP contribution in [0.25, 0.3) is 0 Å².